The van der Waals surface area contributed by atoms with E-state index in [0.29, 0.717) is 17.7 Å². The number of para-hydroxylation sites is 1. The van der Waals surface area contributed by atoms with E-state index in [2.05, 4.69) is 38.7 Å². The molecule has 0 spiro atoms. The number of hydrogen-bond acceptors (Lipinski definition) is 7. The third-order valence-electron chi connectivity index (χ3n) is 7.74. The van der Waals surface area contributed by atoms with Gasteiger partial charge in [-0.15, -0.1) is 0 Å². The third kappa shape index (κ3) is 7.14. The number of H-pyrrole nitrogens is 1. The molecule has 3 N–H and O–H groups in total. The SMILES string of the molecule is COC(=O)c1cc(-c2cccc(N3CCCC3)c2)ccc1NC(C#N)[C@H](Cc1c[nH]c2ccccc12)NC(=O)OC(C)(C)C. The van der Waals surface area contributed by atoms with Crippen LogP contribution in [0.2, 0.25) is 0 Å². The molecule has 44 heavy (non-hydrogen) atoms. The number of esters is 1. The smallest absolute Gasteiger partial charge is 0.407 e. The maximum Gasteiger partial charge on any atom is 0.407 e. The number of nitrogens with one attached hydrogen (secondary N) is 3. The molecule has 9 nitrogen and oxygen atoms in total. The topological polar surface area (TPSA) is 119 Å². The van der Waals surface area contributed by atoms with Crippen LogP contribution in [0.15, 0.2) is 72.9 Å². The zero-order valence-electron chi connectivity index (χ0n) is 25.6. The molecule has 5 rings (SSSR count). The summed E-state index contributed by atoms with van der Waals surface area (Å²) >= 11 is 0. The van der Waals surface area contributed by atoms with Gasteiger partial charge >= 0.3 is 12.1 Å². The highest BCUT2D eigenvalue weighted by Crippen LogP contribution is 2.31. The van der Waals surface area contributed by atoms with Crippen molar-refractivity contribution in [2.24, 2.45) is 0 Å². The Morgan fingerprint density at radius 2 is 1.77 bits per heavy atom. The number of hydrogen-bond donors (Lipinski definition) is 3. The van der Waals surface area contributed by atoms with Crippen molar-refractivity contribution in [1.29, 1.82) is 5.26 Å². The van der Waals surface area contributed by atoms with E-state index < -0.39 is 29.7 Å². The van der Waals surface area contributed by atoms with Gasteiger partial charge in [0, 0.05) is 41.6 Å². The Bertz CT molecular complexity index is 1680. The van der Waals surface area contributed by atoms with Gasteiger partial charge in [0.2, 0.25) is 0 Å². The average Bonchev–Trinajstić information content (AvgIpc) is 3.69. The highest BCUT2D eigenvalue weighted by molar-refractivity contribution is 5.97. The molecule has 1 aromatic heterocycles. The number of aromatic nitrogens is 1. The maximum absolute atomic E-state index is 13.0. The summed E-state index contributed by atoms with van der Waals surface area (Å²) in [5.74, 6) is -0.532. The standard InChI is InChI=1S/C35H39N5O4/c1-35(2,3)44-34(42)39-31(20-25-22-37-29-13-6-5-12-27(25)29)32(21-36)38-30-15-14-24(19-28(30)33(41)43-4)23-10-9-11-26(18-23)40-16-7-8-17-40/h5-6,9-15,18-19,22,31-32,37-38H,7-8,16-17,20H2,1-4H3,(H,39,42)/t31-,32?/m0/s1. The number of amides is 1. The van der Waals surface area contributed by atoms with Gasteiger partial charge < -0.3 is 30.0 Å². The zero-order chi connectivity index (χ0) is 31.3. The van der Waals surface area contributed by atoms with Gasteiger partial charge in [0.05, 0.1) is 24.8 Å². The number of nitrogens with zero attached hydrogens (tertiary/aromatic N) is 2. The molecule has 228 valence electrons. The molecule has 1 aliphatic heterocycles. The lowest BCUT2D eigenvalue weighted by Gasteiger charge is -2.27. The first-order valence-electron chi connectivity index (χ1n) is 14.9. The number of carbonyl (C=O) groups is 2. The highest BCUT2D eigenvalue weighted by Gasteiger charge is 2.29. The van der Waals surface area contributed by atoms with Gasteiger partial charge in [-0.3, -0.25) is 0 Å². The van der Waals surface area contributed by atoms with Crippen molar-refractivity contribution in [1.82, 2.24) is 10.3 Å². The summed E-state index contributed by atoms with van der Waals surface area (Å²) in [6.07, 6.45) is 3.95. The van der Waals surface area contributed by atoms with Gasteiger partial charge in [-0.25, -0.2) is 9.59 Å². The molecule has 0 saturated carbocycles. The first-order chi connectivity index (χ1) is 21.1. The molecule has 1 saturated heterocycles. The second kappa shape index (κ2) is 13.1. The number of aromatic amines is 1. The number of ether oxygens (including phenoxy) is 2. The molecular formula is C35H39N5O4. The molecule has 0 radical (unpaired) electrons. The van der Waals surface area contributed by atoms with Crippen molar-refractivity contribution in [2.45, 2.75) is 57.7 Å². The van der Waals surface area contributed by atoms with Crippen LogP contribution in [-0.2, 0) is 15.9 Å². The fourth-order valence-corrected chi connectivity index (χ4v) is 5.62. The van der Waals surface area contributed by atoms with Gasteiger partial charge in [0.25, 0.3) is 0 Å². The Morgan fingerprint density at radius 1 is 1.02 bits per heavy atom. The normalized spacial score (nSPS) is 14.5. The lowest BCUT2D eigenvalue weighted by molar-refractivity contribution is 0.0501. The molecule has 1 amide bonds. The van der Waals surface area contributed by atoms with E-state index in [1.165, 1.54) is 20.0 Å². The molecule has 3 aromatic carbocycles. The van der Waals surface area contributed by atoms with E-state index in [0.717, 1.165) is 46.4 Å². The largest absolute Gasteiger partial charge is 0.465 e. The second-order valence-electron chi connectivity index (χ2n) is 12.1. The molecule has 1 unspecified atom stereocenters. The monoisotopic (exact) mass is 593 g/mol. The number of alkyl carbamates (subject to hydrolysis) is 1. The Labute approximate surface area is 258 Å². The van der Waals surface area contributed by atoms with Crippen molar-refractivity contribution in [3.05, 3.63) is 84.1 Å². The minimum atomic E-state index is -0.913. The molecular weight excluding hydrogens is 554 g/mol. The van der Waals surface area contributed by atoms with Crippen LogP contribution in [0, 0.1) is 11.3 Å². The summed E-state index contributed by atoms with van der Waals surface area (Å²) < 4.78 is 10.7. The van der Waals surface area contributed by atoms with Gasteiger partial charge in [-0.2, -0.15) is 5.26 Å². The lowest BCUT2D eigenvalue weighted by atomic mass is 9.97. The van der Waals surface area contributed by atoms with E-state index in [1.807, 2.05) is 48.7 Å². The number of rotatable bonds is 9. The van der Waals surface area contributed by atoms with Crippen LogP contribution in [0.1, 0.15) is 49.5 Å². The highest BCUT2D eigenvalue weighted by atomic mass is 16.6. The van der Waals surface area contributed by atoms with Crippen molar-refractivity contribution in [3.63, 3.8) is 0 Å². The van der Waals surface area contributed by atoms with Gasteiger partial charge in [0.1, 0.15) is 11.6 Å². The predicted molar refractivity (Wildman–Crippen MR) is 173 cm³/mol. The van der Waals surface area contributed by atoms with E-state index in [9.17, 15) is 14.9 Å². The third-order valence-corrected chi connectivity index (χ3v) is 7.74. The molecule has 2 heterocycles. The van der Waals surface area contributed by atoms with Crippen molar-refractivity contribution < 1.29 is 19.1 Å². The van der Waals surface area contributed by atoms with Crippen LogP contribution in [0.4, 0.5) is 16.2 Å². The van der Waals surface area contributed by atoms with Gasteiger partial charge in [-0.1, -0.05) is 36.4 Å². The fourth-order valence-electron chi connectivity index (χ4n) is 5.62. The van der Waals surface area contributed by atoms with E-state index >= 15 is 0 Å². The Morgan fingerprint density at radius 3 is 2.50 bits per heavy atom. The van der Waals surface area contributed by atoms with Crippen LogP contribution in [0.5, 0.6) is 0 Å². The van der Waals surface area contributed by atoms with E-state index in [1.54, 1.807) is 32.9 Å². The molecule has 1 aliphatic rings. The summed E-state index contributed by atoms with van der Waals surface area (Å²) in [4.78, 5) is 31.6. The first-order valence-corrected chi connectivity index (χ1v) is 14.9. The molecule has 0 aliphatic carbocycles. The van der Waals surface area contributed by atoms with Gasteiger partial charge in [0.15, 0.2) is 0 Å². The molecule has 2 atom stereocenters. The number of benzene rings is 3. The van der Waals surface area contributed by atoms with Gasteiger partial charge in [-0.05, 0) is 87.1 Å². The summed E-state index contributed by atoms with van der Waals surface area (Å²) in [5, 5.41) is 17.5. The average molecular weight is 594 g/mol. The Kier molecular flexibility index (Phi) is 9.09. The number of nitriles is 1. The summed E-state index contributed by atoms with van der Waals surface area (Å²) in [5.41, 5.74) is 4.88. The fraction of sp³-hybridized carbons (Fsp3) is 0.343. The molecule has 0 bridgehead atoms. The van der Waals surface area contributed by atoms with Crippen LogP contribution >= 0.6 is 0 Å². The number of methoxy groups -OCH3 is 1. The summed E-state index contributed by atoms with van der Waals surface area (Å²) in [6, 6.07) is 22.3. The minimum absolute atomic E-state index is 0.292. The summed E-state index contributed by atoms with van der Waals surface area (Å²) in [7, 11) is 1.33. The Hall–Kier alpha value is -4.97. The number of carbonyl (C=O) groups excluding carboxylic acids is 2. The van der Waals surface area contributed by atoms with E-state index in [-0.39, 0.29) is 0 Å². The van der Waals surface area contributed by atoms with Crippen LogP contribution in [-0.4, -0.2) is 54.9 Å². The molecule has 4 aromatic rings. The first kappa shape index (κ1) is 30.5. The zero-order valence-corrected chi connectivity index (χ0v) is 25.6. The molecule has 1 fully saturated rings. The van der Waals surface area contributed by atoms with Crippen LogP contribution < -0.4 is 15.5 Å². The van der Waals surface area contributed by atoms with Crippen LogP contribution in [0.25, 0.3) is 22.0 Å². The lowest BCUT2D eigenvalue weighted by Crippen LogP contribution is -2.49. The van der Waals surface area contributed by atoms with Crippen molar-refractivity contribution >= 4 is 34.3 Å². The summed E-state index contributed by atoms with van der Waals surface area (Å²) in [6.45, 7) is 7.42. The van der Waals surface area contributed by atoms with E-state index in [4.69, 9.17) is 9.47 Å². The van der Waals surface area contributed by atoms with Crippen molar-refractivity contribution in [3.8, 4) is 17.2 Å². The number of fused-ring (bicyclic) bond motifs is 1. The maximum atomic E-state index is 13.0. The minimum Gasteiger partial charge on any atom is -0.465 e. The predicted octanol–water partition coefficient (Wildman–Crippen LogP) is 6.66. The Balaban J connectivity index is 1.46. The quantitative estimate of drug-likeness (QED) is 0.186. The number of anilines is 2. The van der Waals surface area contributed by atoms with Crippen LogP contribution in [0.3, 0.4) is 0 Å². The van der Waals surface area contributed by atoms with Crippen molar-refractivity contribution in [2.75, 3.05) is 30.4 Å². The second-order valence-corrected chi connectivity index (χ2v) is 12.1. The molecule has 9 heteroatoms.